The lowest BCUT2D eigenvalue weighted by Gasteiger charge is -2.38. The number of amides is 1. The molecular weight excluding hydrogens is 266 g/mol. The molecule has 0 aliphatic carbocycles. The SMILES string of the molecule is COC1CCN(C(=O)c2cc(Cl)cn2C)C(CN)C1. The standard InChI is InChI=1S/C13H20ClN3O2/c1-16-8-9(14)5-12(16)13(18)17-4-3-11(19-2)6-10(17)7-15/h5,8,10-11H,3-4,6-7,15H2,1-2H3. The van der Waals surface area contributed by atoms with Crippen molar-refractivity contribution < 1.29 is 9.53 Å². The molecule has 1 aromatic rings. The molecule has 0 radical (unpaired) electrons. The highest BCUT2D eigenvalue weighted by Gasteiger charge is 2.32. The second-order valence-corrected chi connectivity index (χ2v) is 5.36. The van der Waals surface area contributed by atoms with Gasteiger partial charge in [-0.05, 0) is 18.9 Å². The van der Waals surface area contributed by atoms with Gasteiger partial charge in [-0.25, -0.2) is 0 Å². The van der Waals surface area contributed by atoms with Crippen molar-refractivity contribution in [1.82, 2.24) is 9.47 Å². The zero-order valence-electron chi connectivity index (χ0n) is 11.3. The molecule has 2 N–H and O–H groups in total. The van der Waals surface area contributed by atoms with Crippen molar-refractivity contribution in [3.05, 3.63) is 23.0 Å². The van der Waals surface area contributed by atoms with Crippen LogP contribution < -0.4 is 5.73 Å². The largest absolute Gasteiger partial charge is 0.381 e. The van der Waals surface area contributed by atoms with Crippen LogP contribution in [-0.2, 0) is 11.8 Å². The maximum atomic E-state index is 12.5. The summed E-state index contributed by atoms with van der Waals surface area (Å²) in [7, 11) is 3.52. The Morgan fingerprint density at radius 3 is 2.89 bits per heavy atom. The Bertz CT molecular complexity index is 461. The van der Waals surface area contributed by atoms with Gasteiger partial charge < -0.3 is 19.9 Å². The molecule has 0 spiro atoms. The van der Waals surface area contributed by atoms with E-state index in [-0.39, 0.29) is 18.1 Å². The van der Waals surface area contributed by atoms with Crippen molar-refractivity contribution in [2.45, 2.75) is 25.0 Å². The molecule has 1 aliphatic rings. The van der Waals surface area contributed by atoms with Gasteiger partial charge in [0.05, 0.1) is 11.1 Å². The molecule has 2 unspecified atom stereocenters. The van der Waals surface area contributed by atoms with E-state index >= 15 is 0 Å². The molecule has 1 amide bonds. The first-order valence-electron chi connectivity index (χ1n) is 6.42. The molecule has 106 valence electrons. The zero-order chi connectivity index (χ0) is 14.0. The minimum Gasteiger partial charge on any atom is -0.381 e. The van der Waals surface area contributed by atoms with Crippen LogP contribution in [0.1, 0.15) is 23.3 Å². The summed E-state index contributed by atoms with van der Waals surface area (Å²) in [5.74, 6) is -0.0144. The van der Waals surface area contributed by atoms with Gasteiger partial charge in [0, 0.05) is 39.5 Å². The van der Waals surface area contributed by atoms with Gasteiger partial charge in [0.1, 0.15) is 5.69 Å². The molecule has 0 aromatic carbocycles. The van der Waals surface area contributed by atoms with Crippen molar-refractivity contribution in [1.29, 1.82) is 0 Å². The Morgan fingerprint density at radius 1 is 1.63 bits per heavy atom. The fourth-order valence-corrected chi connectivity index (χ4v) is 2.85. The summed E-state index contributed by atoms with van der Waals surface area (Å²) in [5, 5.41) is 0.571. The van der Waals surface area contributed by atoms with Gasteiger partial charge in [-0.2, -0.15) is 0 Å². The Kier molecular flexibility index (Phi) is 4.50. The number of rotatable bonds is 3. The van der Waals surface area contributed by atoms with Gasteiger partial charge in [0.25, 0.3) is 5.91 Å². The number of piperidine rings is 1. The summed E-state index contributed by atoms with van der Waals surface area (Å²) >= 11 is 5.93. The molecule has 1 aliphatic heterocycles. The van der Waals surface area contributed by atoms with Crippen LogP contribution in [0.5, 0.6) is 0 Å². The highest BCUT2D eigenvalue weighted by Crippen LogP contribution is 2.22. The predicted octanol–water partition coefficient (Wildman–Crippen LogP) is 1.26. The van der Waals surface area contributed by atoms with E-state index in [4.69, 9.17) is 22.1 Å². The lowest BCUT2D eigenvalue weighted by Crippen LogP contribution is -2.51. The normalized spacial score (nSPS) is 23.7. The molecule has 1 aromatic heterocycles. The van der Waals surface area contributed by atoms with E-state index < -0.39 is 0 Å². The van der Waals surface area contributed by atoms with E-state index in [1.54, 1.807) is 23.9 Å². The van der Waals surface area contributed by atoms with Crippen molar-refractivity contribution in [3.63, 3.8) is 0 Å². The van der Waals surface area contributed by atoms with Crippen LogP contribution >= 0.6 is 11.6 Å². The molecule has 2 heterocycles. The number of ether oxygens (including phenoxy) is 1. The molecule has 1 saturated heterocycles. The van der Waals surface area contributed by atoms with E-state index in [0.717, 1.165) is 12.8 Å². The Balaban J connectivity index is 2.16. The Hall–Kier alpha value is -1.04. The van der Waals surface area contributed by atoms with E-state index in [9.17, 15) is 4.79 Å². The summed E-state index contributed by atoms with van der Waals surface area (Å²) in [6, 6.07) is 1.72. The molecule has 0 bridgehead atoms. The molecule has 1 fully saturated rings. The number of likely N-dealkylation sites (tertiary alicyclic amines) is 1. The van der Waals surface area contributed by atoms with Crippen LogP contribution in [-0.4, -0.2) is 47.7 Å². The van der Waals surface area contributed by atoms with Crippen LogP contribution in [0.4, 0.5) is 0 Å². The first kappa shape index (κ1) is 14.4. The molecule has 6 heteroatoms. The Labute approximate surface area is 118 Å². The number of hydrogen-bond acceptors (Lipinski definition) is 3. The van der Waals surface area contributed by atoms with Crippen molar-refractivity contribution >= 4 is 17.5 Å². The summed E-state index contributed by atoms with van der Waals surface area (Å²) in [4.78, 5) is 14.4. The van der Waals surface area contributed by atoms with Crippen LogP contribution in [0.25, 0.3) is 0 Å². The monoisotopic (exact) mass is 285 g/mol. The number of halogens is 1. The molecule has 0 saturated carbocycles. The summed E-state index contributed by atoms with van der Waals surface area (Å²) in [5.41, 5.74) is 6.38. The number of aryl methyl sites for hydroxylation is 1. The van der Waals surface area contributed by atoms with E-state index in [1.807, 2.05) is 11.9 Å². The van der Waals surface area contributed by atoms with Gasteiger partial charge in [-0.3, -0.25) is 4.79 Å². The third-order valence-corrected chi connectivity index (χ3v) is 3.93. The minimum absolute atomic E-state index is 0.0144. The van der Waals surface area contributed by atoms with Crippen molar-refractivity contribution in [2.75, 3.05) is 20.2 Å². The fourth-order valence-electron chi connectivity index (χ4n) is 2.60. The lowest BCUT2D eigenvalue weighted by atomic mass is 9.99. The quantitative estimate of drug-likeness (QED) is 0.909. The number of methoxy groups -OCH3 is 1. The van der Waals surface area contributed by atoms with Gasteiger partial charge in [0.2, 0.25) is 0 Å². The third kappa shape index (κ3) is 2.94. The van der Waals surface area contributed by atoms with Crippen LogP contribution in [0.15, 0.2) is 12.3 Å². The van der Waals surface area contributed by atoms with Gasteiger partial charge in [0.15, 0.2) is 0 Å². The summed E-state index contributed by atoms with van der Waals surface area (Å²) in [6.45, 7) is 1.12. The molecule has 2 atom stereocenters. The van der Waals surface area contributed by atoms with E-state index in [1.165, 1.54) is 0 Å². The molecule has 5 nitrogen and oxygen atoms in total. The van der Waals surface area contributed by atoms with Crippen molar-refractivity contribution in [3.8, 4) is 0 Å². The van der Waals surface area contributed by atoms with Gasteiger partial charge in [-0.15, -0.1) is 0 Å². The number of nitrogens with two attached hydrogens (primary N) is 1. The maximum absolute atomic E-state index is 12.5. The summed E-state index contributed by atoms with van der Waals surface area (Å²) < 4.78 is 7.12. The van der Waals surface area contributed by atoms with E-state index in [2.05, 4.69) is 0 Å². The van der Waals surface area contributed by atoms with Gasteiger partial charge >= 0.3 is 0 Å². The molecule has 19 heavy (non-hydrogen) atoms. The van der Waals surface area contributed by atoms with Crippen LogP contribution in [0, 0.1) is 0 Å². The molecular formula is C13H20ClN3O2. The van der Waals surface area contributed by atoms with Crippen LogP contribution in [0.3, 0.4) is 0 Å². The highest BCUT2D eigenvalue weighted by atomic mass is 35.5. The van der Waals surface area contributed by atoms with Crippen LogP contribution in [0.2, 0.25) is 5.02 Å². The molecule has 2 rings (SSSR count). The second kappa shape index (κ2) is 5.94. The van der Waals surface area contributed by atoms with Crippen molar-refractivity contribution in [2.24, 2.45) is 12.8 Å². The van der Waals surface area contributed by atoms with E-state index in [0.29, 0.717) is 23.8 Å². The lowest BCUT2D eigenvalue weighted by molar-refractivity contribution is 0.0134. The summed E-state index contributed by atoms with van der Waals surface area (Å²) in [6.07, 6.45) is 3.55. The average molecular weight is 286 g/mol. The first-order valence-corrected chi connectivity index (χ1v) is 6.80. The first-order chi connectivity index (χ1) is 9.06. The number of nitrogens with zero attached hydrogens (tertiary/aromatic N) is 2. The predicted molar refractivity (Wildman–Crippen MR) is 74.3 cm³/mol. The Morgan fingerprint density at radius 2 is 2.37 bits per heavy atom. The average Bonchev–Trinajstić information content (AvgIpc) is 2.76. The zero-order valence-corrected chi connectivity index (χ0v) is 12.1. The number of aromatic nitrogens is 1. The third-order valence-electron chi connectivity index (χ3n) is 3.72. The maximum Gasteiger partial charge on any atom is 0.270 e. The smallest absolute Gasteiger partial charge is 0.270 e. The topological polar surface area (TPSA) is 60.5 Å². The highest BCUT2D eigenvalue weighted by molar-refractivity contribution is 6.31. The minimum atomic E-state index is -0.0144. The fraction of sp³-hybridized carbons (Fsp3) is 0.615. The number of hydrogen-bond donors (Lipinski definition) is 1. The number of carbonyl (C=O) groups excluding carboxylic acids is 1. The van der Waals surface area contributed by atoms with Gasteiger partial charge in [-0.1, -0.05) is 11.6 Å². The second-order valence-electron chi connectivity index (χ2n) is 4.92. The number of carbonyl (C=O) groups is 1.